The van der Waals surface area contributed by atoms with Crippen LogP contribution in [0.5, 0.6) is 0 Å². The molecule has 1 aromatic heterocycles. The molecule has 2 aromatic rings. The highest BCUT2D eigenvalue weighted by atomic mass is 32.2. The summed E-state index contributed by atoms with van der Waals surface area (Å²) in [4.78, 5) is 28.2. The van der Waals surface area contributed by atoms with Crippen LogP contribution in [0.1, 0.15) is 30.4 Å². The number of aryl methyl sites for hydroxylation is 1. The van der Waals surface area contributed by atoms with E-state index in [0.717, 1.165) is 11.1 Å². The van der Waals surface area contributed by atoms with Crippen molar-refractivity contribution in [1.29, 1.82) is 0 Å². The minimum absolute atomic E-state index is 0.0537. The van der Waals surface area contributed by atoms with Gasteiger partial charge in [-0.25, -0.2) is 8.42 Å². The lowest BCUT2D eigenvalue weighted by atomic mass is 9.97. The summed E-state index contributed by atoms with van der Waals surface area (Å²) in [5.74, 6) is -0.311. The summed E-state index contributed by atoms with van der Waals surface area (Å²) in [6, 6.07) is 8.55. The summed E-state index contributed by atoms with van der Waals surface area (Å²) in [6.07, 6.45) is 5.25. The van der Waals surface area contributed by atoms with Gasteiger partial charge in [-0.3, -0.25) is 14.6 Å². The number of nitrogens with zero attached hydrogens (tertiary/aromatic N) is 2. The Balaban J connectivity index is 1.36. The fraction of sp³-hybridized carbons (Fsp3) is 0.381. The van der Waals surface area contributed by atoms with E-state index in [4.69, 9.17) is 0 Å². The van der Waals surface area contributed by atoms with Crippen LogP contribution in [0.3, 0.4) is 0 Å². The molecule has 2 amide bonds. The monoisotopic (exact) mass is 428 g/mol. The second-order valence-corrected chi connectivity index (χ2v) is 9.56. The zero-order valence-electron chi connectivity index (χ0n) is 16.5. The van der Waals surface area contributed by atoms with Gasteiger partial charge in [0.1, 0.15) is 0 Å². The molecule has 1 fully saturated rings. The zero-order valence-corrected chi connectivity index (χ0v) is 17.3. The second kappa shape index (κ2) is 8.53. The number of fused-ring (bicyclic) bond motifs is 1. The van der Waals surface area contributed by atoms with Crippen LogP contribution in [-0.2, 0) is 32.6 Å². The lowest BCUT2D eigenvalue weighted by Gasteiger charge is -2.31. The molecule has 2 aliphatic rings. The zero-order chi connectivity index (χ0) is 21.1. The number of nitrogens with one attached hydrogen (secondary N) is 2. The van der Waals surface area contributed by atoms with Crippen molar-refractivity contribution in [3.63, 3.8) is 0 Å². The number of sulfonamides is 1. The predicted octanol–water partition coefficient (Wildman–Crippen LogP) is 1.68. The van der Waals surface area contributed by atoms with E-state index >= 15 is 0 Å². The van der Waals surface area contributed by atoms with Crippen LogP contribution in [0.25, 0.3) is 0 Å². The van der Waals surface area contributed by atoms with E-state index in [1.807, 2.05) is 12.1 Å². The van der Waals surface area contributed by atoms with Gasteiger partial charge in [-0.15, -0.1) is 0 Å². The molecule has 0 atom stereocenters. The highest BCUT2D eigenvalue weighted by Crippen LogP contribution is 2.29. The van der Waals surface area contributed by atoms with E-state index in [1.54, 1.807) is 24.5 Å². The molecule has 0 spiro atoms. The summed E-state index contributed by atoms with van der Waals surface area (Å²) in [7, 11) is -3.63. The molecule has 0 radical (unpaired) electrons. The van der Waals surface area contributed by atoms with Crippen LogP contribution in [0.4, 0.5) is 5.69 Å². The van der Waals surface area contributed by atoms with E-state index in [0.29, 0.717) is 51.0 Å². The van der Waals surface area contributed by atoms with Gasteiger partial charge in [-0.1, -0.05) is 6.07 Å². The Labute approximate surface area is 175 Å². The van der Waals surface area contributed by atoms with Gasteiger partial charge in [-0.05, 0) is 54.7 Å². The first kappa shape index (κ1) is 20.5. The van der Waals surface area contributed by atoms with Gasteiger partial charge in [0.2, 0.25) is 21.8 Å². The molecule has 1 aromatic carbocycles. The van der Waals surface area contributed by atoms with Crippen molar-refractivity contribution in [2.75, 3.05) is 18.4 Å². The molecule has 8 nitrogen and oxygen atoms in total. The van der Waals surface area contributed by atoms with Gasteiger partial charge < -0.3 is 10.6 Å². The lowest BCUT2D eigenvalue weighted by molar-refractivity contribution is -0.126. The Kier molecular flexibility index (Phi) is 5.83. The van der Waals surface area contributed by atoms with Gasteiger partial charge in [-0.2, -0.15) is 4.31 Å². The molecule has 2 aliphatic heterocycles. The first-order chi connectivity index (χ1) is 14.4. The maximum absolute atomic E-state index is 13.1. The third-order valence-corrected chi connectivity index (χ3v) is 7.52. The molecule has 9 heteroatoms. The molecule has 0 aliphatic carbocycles. The topological polar surface area (TPSA) is 108 Å². The Morgan fingerprint density at radius 2 is 2.00 bits per heavy atom. The standard InChI is InChI=1S/C21H24N4O4S/c26-20-6-3-17-12-18(4-5-19(17)24-20)30(28,29)25-10-7-16(8-11-25)21(27)23-14-15-2-1-9-22-13-15/h1-2,4-5,9,12-13,16H,3,6-8,10-11,14H2,(H,23,27)(H,24,26). The van der Waals surface area contributed by atoms with E-state index in [9.17, 15) is 18.0 Å². The van der Waals surface area contributed by atoms with Crippen molar-refractivity contribution in [3.8, 4) is 0 Å². The van der Waals surface area contributed by atoms with Crippen molar-refractivity contribution in [2.45, 2.75) is 37.1 Å². The SMILES string of the molecule is O=C1CCc2cc(S(=O)(=O)N3CCC(C(=O)NCc4cccnc4)CC3)ccc2N1. The maximum Gasteiger partial charge on any atom is 0.243 e. The van der Waals surface area contributed by atoms with Crippen LogP contribution in [-0.4, -0.2) is 42.6 Å². The van der Waals surface area contributed by atoms with Crippen molar-refractivity contribution < 1.29 is 18.0 Å². The number of hydrogen-bond donors (Lipinski definition) is 2. The molecular weight excluding hydrogens is 404 g/mol. The third kappa shape index (κ3) is 4.36. The largest absolute Gasteiger partial charge is 0.352 e. The molecule has 1 saturated heterocycles. The average molecular weight is 429 g/mol. The number of rotatable bonds is 5. The van der Waals surface area contributed by atoms with Gasteiger partial charge in [0.05, 0.1) is 4.90 Å². The first-order valence-corrected chi connectivity index (χ1v) is 11.5. The molecule has 0 saturated carbocycles. The summed E-state index contributed by atoms with van der Waals surface area (Å²) in [6.45, 7) is 1.03. The van der Waals surface area contributed by atoms with Gasteiger partial charge >= 0.3 is 0 Å². The maximum atomic E-state index is 13.1. The quantitative estimate of drug-likeness (QED) is 0.753. The predicted molar refractivity (Wildman–Crippen MR) is 111 cm³/mol. The van der Waals surface area contributed by atoms with Gasteiger partial charge in [0, 0.05) is 50.1 Å². The highest BCUT2D eigenvalue weighted by Gasteiger charge is 2.32. The van der Waals surface area contributed by atoms with Gasteiger partial charge in [0.25, 0.3) is 0 Å². The van der Waals surface area contributed by atoms with Crippen LogP contribution in [0.2, 0.25) is 0 Å². The molecule has 3 heterocycles. The molecule has 0 unspecified atom stereocenters. The molecule has 30 heavy (non-hydrogen) atoms. The Hall–Kier alpha value is -2.78. The smallest absolute Gasteiger partial charge is 0.243 e. The van der Waals surface area contributed by atoms with Crippen LogP contribution in [0.15, 0.2) is 47.6 Å². The minimum Gasteiger partial charge on any atom is -0.352 e. The summed E-state index contributed by atoms with van der Waals surface area (Å²) in [5.41, 5.74) is 2.43. The number of hydrogen-bond acceptors (Lipinski definition) is 5. The van der Waals surface area contributed by atoms with E-state index in [1.165, 1.54) is 10.4 Å². The summed E-state index contributed by atoms with van der Waals surface area (Å²) >= 11 is 0. The molecule has 158 valence electrons. The van der Waals surface area contributed by atoms with Crippen molar-refractivity contribution in [1.82, 2.24) is 14.6 Å². The van der Waals surface area contributed by atoms with E-state index in [2.05, 4.69) is 15.6 Å². The normalized spacial score (nSPS) is 17.8. The van der Waals surface area contributed by atoms with Crippen LogP contribution in [0, 0.1) is 5.92 Å². The number of amides is 2. The van der Waals surface area contributed by atoms with Crippen molar-refractivity contribution >= 4 is 27.5 Å². The fourth-order valence-corrected chi connectivity index (χ4v) is 5.38. The number of carbonyl (C=O) groups is 2. The number of anilines is 1. The molecule has 2 N–H and O–H groups in total. The average Bonchev–Trinajstić information content (AvgIpc) is 2.77. The third-order valence-electron chi connectivity index (χ3n) is 5.62. The van der Waals surface area contributed by atoms with Crippen molar-refractivity contribution in [2.24, 2.45) is 5.92 Å². The summed E-state index contributed by atoms with van der Waals surface area (Å²) < 4.78 is 27.6. The Morgan fingerprint density at radius 1 is 1.20 bits per heavy atom. The fourth-order valence-electron chi connectivity index (χ4n) is 3.86. The summed E-state index contributed by atoms with van der Waals surface area (Å²) in [5, 5.41) is 5.67. The second-order valence-electron chi connectivity index (χ2n) is 7.62. The lowest BCUT2D eigenvalue weighted by Crippen LogP contribution is -2.42. The van der Waals surface area contributed by atoms with Crippen molar-refractivity contribution in [3.05, 3.63) is 53.9 Å². The van der Waals surface area contributed by atoms with E-state index in [-0.39, 0.29) is 22.6 Å². The highest BCUT2D eigenvalue weighted by molar-refractivity contribution is 7.89. The van der Waals surface area contributed by atoms with Gasteiger partial charge in [0.15, 0.2) is 0 Å². The first-order valence-electron chi connectivity index (χ1n) is 10.0. The molecule has 4 rings (SSSR count). The van der Waals surface area contributed by atoms with E-state index < -0.39 is 10.0 Å². The Morgan fingerprint density at radius 3 is 2.73 bits per heavy atom. The number of carbonyl (C=O) groups excluding carboxylic acids is 2. The number of piperidine rings is 1. The number of pyridine rings is 1. The molecular formula is C21H24N4O4S. The van der Waals surface area contributed by atoms with Crippen LogP contribution < -0.4 is 10.6 Å². The Bertz CT molecular complexity index is 1050. The number of benzene rings is 1. The van der Waals surface area contributed by atoms with Crippen LogP contribution >= 0.6 is 0 Å². The number of aromatic nitrogens is 1. The molecule has 0 bridgehead atoms. The minimum atomic E-state index is -3.63.